The highest BCUT2D eigenvalue weighted by atomic mass is 32.1. The molecule has 134 valence electrons. The van der Waals surface area contributed by atoms with Crippen molar-refractivity contribution in [3.05, 3.63) is 30.1 Å². The Balaban J connectivity index is 1.66. The van der Waals surface area contributed by atoms with Crippen molar-refractivity contribution in [1.82, 2.24) is 13.6 Å². The topological polar surface area (TPSA) is 75.5 Å². The Hall–Kier alpha value is -2.06. The number of nitrogens with zero attached hydrogens (tertiary/aromatic N) is 3. The SMILES string of the molecule is O=C(COc1nsnc1-c1cccc(F)c1)N1CCCCC1CCO. The lowest BCUT2D eigenvalue weighted by Gasteiger charge is -2.35. The van der Waals surface area contributed by atoms with E-state index in [1.807, 2.05) is 0 Å². The molecule has 0 radical (unpaired) electrons. The molecule has 1 amide bonds. The molecule has 1 aromatic carbocycles. The minimum absolute atomic E-state index is 0.0612. The van der Waals surface area contributed by atoms with Crippen LogP contribution in [0.2, 0.25) is 0 Å². The van der Waals surface area contributed by atoms with Gasteiger partial charge in [0.25, 0.3) is 11.8 Å². The Kier molecular flexibility index (Phi) is 5.93. The maximum atomic E-state index is 13.4. The molecular weight excluding hydrogens is 345 g/mol. The molecule has 1 N–H and O–H groups in total. The van der Waals surface area contributed by atoms with E-state index in [-0.39, 0.29) is 36.9 Å². The van der Waals surface area contributed by atoms with Crippen LogP contribution in [0.25, 0.3) is 11.3 Å². The predicted octanol–water partition coefficient (Wildman–Crippen LogP) is 2.49. The van der Waals surface area contributed by atoms with E-state index in [4.69, 9.17) is 9.84 Å². The van der Waals surface area contributed by atoms with Crippen LogP contribution in [0, 0.1) is 5.82 Å². The van der Waals surface area contributed by atoms with Gasteiger partial charge in [-0.05, 0) is 37.8 Å². The quantitative estimate of drug-likeness (QED) is 0.851. The normalized spacial score (nSPS) is 17.5. The number of aromatic nitrogens is 2. The summed E-state index contributed by atoms with van der Waals surface area (Å²) in [5.41, 5.74) is 0.996. The molecule has 2 aromatic rings. The number of halogens is 1. The van der Waals surface area contributed by atoms with Gasteiger partial charge < -0.3 is 14.7 Å². The molecule has 1 fully saturated rings. The lowest BCUT2D eigenvalue weighted by Crippen LogP contribution is -2.46. The highest BCUT2D eigenvalue weighted by Crippen LogP contribution is 2.28. The van der Waals surface area contributed by atoms with E-state index in [0.29, 0.717) is 24.2 Å². The zero-order chi connectivity index (χ0) is 17.6. The Morgan fingerprint density at radius 1 is 1.40 bits per heavy atom. The third kappa shape index (κ3) is 4.32. The molecule has 6 nitrogen and oxygen atoms in total. The number of aliphatic hydroxyl groups is 1. The first-order valence-electron chi connectivity index (χ1n) is 8.30. The molecule has 1 aromatic heterocycles. The standard InChI is InChI=1S/C17H20FN3O3S/c18-13-5-3-4-12(10-13)16-17(20-25-19-16)24-11-15(23)21-8-2-1-6-14(21)7-9-22/h3-5,10,14,22H,1-2,6-9,11H2. The Morgan fingerprint density at radius 2 is 2.28 bits per heavy atom. The zero-order valence-corrected chi connectivity index (χ0v) is 14.5. The average Bonchev–Trinajstić information content (AvgIpc) is 3.09. The molecule has 3 rings (SSSR count). The van der Waals surface area contributed by atoms with Gasteiger partial charge in [0.05, 0.1) is 11.7 Å². The van der Waals surface area contributed by atoms with Gasteiger partial charge in [-0.25, -0.2) is 4.39 Å². The van der Waals surface area contributed by atoms with Gasteiger partial charge in [0, 0.05) is 24.8 Å². The van der Waals surface area contributed by atoms with E-state index in [9.17, 15) is 9.18 Å². The van der Waals surface area contributed by atoms with Crippen molar-refractivity contribution in [1.29, 1.82) is 0 Å². The number of piperidine rings is 1. The van der Waals surface area contributed by atoms with Crippen LogP contribution in [0.4, 0.5) is 4.39 Å². The number of ether oxygens (including phenoxy) is 1. The van der Waals surface area contributed by atoms with Crippen molar-refractivity contribution in [2.75, 3.05) is 19.8 Å². The largest absolute Gasteiger partial charge is 0.465 e. The number of likely N-dealkylation sites (tertiary alicyclic amines) is 1. The fourth-order valence-electron chi connectivity index (χ4n) is 3.08. The van der Waals surface area contributed by atoms with Crippen LogP contribution in [0.15, 0.2) is 24.3 Å². The summed E-state index contributed by atoms with van der Waals surface area (Å²) in [6.45, 7) is 0.601. The van der Waals surface area contributed by atoms with Crippen molar-refractivity contribution in [2.24, 2.45) is 0 Å². The van der Waals surface area contributed by atoms with Gasteiger partial charge in [-0.15, -0.1) is 4.37 Å². The lowest BCUT2D eigenvalue weighted by molar-refractivity contribution is -0.137. The molecule has 1 aliphatic rings. The van der Waals surface area contributed by atoms with Crippen molar-refractivity contribution < 1.29 is 19.0 Å². The summed E-state index contributed by atoms with van der Waals surface area (Å²) in [4.78, 5) is 14.3. The van der Waals surface area contributed by atoms with Gasteiger partial charge in [-0.3, -0.25) is 4.79 Å². The van der Waals surface area contributed by atoms with Gasteiger partial charge in [0.2, 0.25) is 0 Å². The molecule has 2 heterocycles. The number of benzene rings is 1. The first kappa shape index (κ1) is 17.8. The molecule has 0 bridgehead atoms. The molecule has 1 atom stereocenters. The monoisotopic (exact) mass is 365 g/mol. The van der Waals surface area contributed by atoms with Gasteiger partial charge in [-0.2, -0.15) is 4.37 Å². The fraction of sp³-hybridized carbons (Fsp3) is 0.471. The molecule has 8 heteroatoms. The molecule has 25 heavy (non-hydrogen) atoms. The van der Waals surface area contributed by atoms with E-state index in [0.717, 1.165) is 31.0 Å². The Labute approximate surface area is 149 Å². The molecular formula is C17H20FN3O3S. The van der Waals surface area contributed by atoms with Gasteiger partial charge in [-0.1, -0.05) is 12.1 Å². The van der Waals surface area contributed by atoms with Crippen LogP contribution in [0.5, 0.6) is 5.88 Å². The number of carbonyl (C=O) groups excluding carboxylic acids is 1. The number of amides is 1. The third-order valence-corrected chi connectivity index (χ3v) is 4.81. The van der Waals surface area contributed by atoms with Crippen molar-refractivity contribution in [2.45, 2.75) is 31.7 Å². The Morgan fingerprint density at radius 3 is 3.08 bits per heavy atom. The van der Waals surface area contributed by atoms with Crippen LogP contribution in [-0.4, -0.2) is 50.5 Å². The molecule has 0 aliphatic carbocycles. The summed E-state index contributed by atoms with van der Waals surface area (Å²) in [5, 5.41) is 9.17. The summed E-state index contributed by atoms with van der Waals surface area (Å²) in [7, 11) is 0. The summed E-state index contributed by atoms with van der Waals surface area (Å²) >= 11 is 0.957. The van der Waals surface area contributed by atoms with Crippen LogP contribution in [0.1, 0.15) is 25.7 Å². The smallest absolute Gasteiger partial charge is 0.260 e. The average molecular weight is 365 g/mol. The van der Waals surface area contributed by atoms with E-state index < -0.39 is 0 Å². The maximum absolute atomic E-state index is 13.4. The summed E-state index contributed by atoms with van der Waals surface area (Å²) in [6, 6.07) is 6.08. The summed E-state index contributed by atoms with van der Waals surface area (Å²) in [5.74, 6) is -0.260. The van der Waals surface area contributed by atoms with Crippen LogP contribution >= 0.6 is 11.7 Å². The second-order valence-corrected chi connectivity index (χ2v) is 6.49. The lowest BCUT2D eigenvalue weighted by atomic mass is 9.99. The zero-order valence-electron chi connectivity index (χ0n) is 13.7. The molecule has 0 spiro atoms. The van der Waals surface area contributed by atoms with E-state index in [1.54, 1.807) is 17.0 Å². The molecule has 1 aliphatic heterocycles. The minimum atomic E-state index is -0.368. The van der Waals surface area contributed by atoms with E-state index >= 15 is 0 Å². The third-order valence-electron chi connectivity index (χ3n) is 4.30. The predicted molar refractivity (Wildman–Crippen MR) is 91.9 cm³/mol. The van der Waals surface area contributed by atoms with Gasteiger partial charge in [0.15, 0.2) is 6.61 Å². The summed E-state index contributed by atoms with van der Waals surface area (Å²) in [6.07, 6.45) is 3.51. The second kappa shape index (κ2) is 8.35. The fourth-order valence-corrected chi connectivity index (χ4v) is 3.60. The molecule has 1 unspecified atom stereocenters. The number of carbonyl (C=O) groups is 1. The number of hydrogen-bond donors (Lipinski definition) is 1. The highest BCUT2D eigenvalue weighted by molar-refractivity contribution is 6.99. The Bertz CT molecular complexity index is 723. The van der Waals surface area contributed by atoms with Gasteiger partial charge >= 0.3 is 0 Å². The van der Waals surface area contributed by atoms with Crippen LogP contribution in [-0.2, 0) is 4.79 Å². The van der Waals surface area contributed by atoms with Crippen molar-refractivity contribution in [3.8, 4) is 17.1 Å². The number of aliphatic hydroxyl groups excluding tert-OH is 1. The number of rotatable bonds is 6. The minimum Gasteiger partial charge on any atom is -0.465 e. The van der Waals surface area contributed by atoms with Crippen molar-refractivity contribution >= 4 is 17.6 Å². The second-order valence-electron chi connectivity index (χ2n) is 5.97. The maximum Gasteiger partial charge on any atom is 0.260 e. The van der Waals surface area contributed by atoms with Gasteiger partial charge in [0.1, 0.15) is 11.5 Å². The van der Waals surface area contributed by atoms with Crippen LogP contribution < -0.4 is 4.74 Å². The molecule has 0 saturated carbocycles. The van der Waals surface area contributed by atoms with E-state index in [2.05, 4.69) is 8.75 Å². The van der Waals surface area contributed by atoms with Crippen molar-refractivity contribution in [3.63, 3.8) is 0 Å². The first-order valence-corrected chi connectivity index (χ1v) is 9.03. The highest BCUT2D eigenvalue weighted by Gasteiger charge is 2.27. The molecule has 1 saturated heterocycles. The number of hydrogen-bond acceptors (Lipinski definition) is 6. The van der Waals surface area contributed by atoms with Crippen LogP contribution in [0.3, 0.4) is 0 Å². The first-order chi connectivity index (χ1) is 12.2. The van der Waals surface area contributed by atoms with E-state index in [1.165, 1.54) is 12.1 Å². The summed E-state index contributed by atoms with van der Waals surface area (Å²) < 4.78 is 27.2.